The normalized spacial score (nSPS) is 10.7. The number of likely N-dealkylation sites (N-methyl/N-ethyl adjacent to an activating group) is 1. The molecule has 0 aliphatic rings. The van der Waals surface area contributed by atoms with E-state index in [2.05, 4.69) is 4.98 Å². The van der Waals surface area contributed by atoms with Crippen LogP contribution < -0.4 is 9.64 Å². The molecule has 0 saturated carbocycles. The first-order valence-electron chi connectivity index (χ1n) is 8.22. The van der Waals surface area contributed by atoms with E-state index in [4.69, 9.17) is 16.3 Å². The largest absolute Gasteiger partial charge is 0.484 e. The molecule has 144 valence electrons. The zero-order valence-electron chi connectivity index (χ0n) is 15.1. The quantitative estimate of drug-likeness (QED) is 0.564. The molecule has 1 amide bonds. The molecule has 3 rings (SSSR count). The van der Waals surface area contributed by atoms with E-state index in [1.165, 1.54) is 11.3 Å². The van der Waals surface area contributed by atoms with Crippen LogP contribution in [0.1, 0.15) is 0 Å². The molecule has 8 heteroatoms. The average molecular weight is 426 g/mol. The number of rotatable bonds is 7. The third-order valence-electron chi connectivity index (χ3n) is 3.75. The first-order valence-corrected chi connectivity index (χ1v) is 9.41. The lowest BCUT2D eigenvalue weighted by molar-refractivity contribution is -0.120. The molecule has 0 N–H and O–H groups in total. The van der Waals surface area contributed by atoms with Gasteiger partial charge in [0.1, 0.15) is 5.75 Å². The van der Waals surface area contributed by atoms with Crippen molar-refractivity contribution in [2.24, 2.45) is 0 Å². The van der Waals surface area contributed by atoms with Gasteiger partial charge in [0, 0.05) is 18.1 Å². The number of fused-ring (bicyclic) bond motifs is 1. The van der Waals surface area contributed by atoms with Gasteiger partial charge in [0.2, 0.25) is 0 Å². The molecule has 0 atom stereocenters. The smallest absolute Gasteiger partial charge is 0.266 e. The highest BCUT2D eigenvalue weighted by Crippen LogP contribution is 2.30. The first kappa shape index (κ1) is 21.4. The van der Waals surface area contributed by atoms with Crippen molar-refractivity contribution in [2.45, 2.75) is 0 Å². The van der Waals surface area contributed by atoms with Crippen molar-refractivity contribution in [1.29, 1.82) is 0 Å². The molecule has 1 aromatic heterocycles. The van der Waals surface area contributed by atoms with Crippen LogP contribution in [0.3, 0.4) is 0 Å². The Morgan fingerprint density at radius 2 is 1.89 bits per heavy atom. The third kappa shape index (κ3) is 5.81. The summed E-state index contributed by atoms with van der Waals surface area (Å²) in [6.45, 7) is 1.24. The summed E-state index contributed by atoms with van der Waals surface area (Å²) in [5.41, 5.74) is 0.834. The second-order valence-corrected chi connectivity index (χ2v) is 7.50. The van der Waals surface area contributed by atoms with Gasteiger partial charge in [-0.1, -0.05) is 41.1 Å². The van der Waals surface area contributed by atoms with Gasteiger partial charge in [-0.3, -0.25) is 9.69 Å². The van der Waals surface area contributed by atoms with Gasteiger partial charge in [-0.25, -0.2) is 4.98 Å². The summed E-state index contributed by atoms with van der Waals surface area (Å²) in [6, 6.07) is 14.9. The summed E-state index contributed by atoms with van der Waals surface area (Å²) in [5.74, 6) is 0.547. The van der Waals surface area contributed by atoms with Crippen LogP contribution in [0.15, 0.2) is 48.5 Å². The summed E-state index contributed by atoms with van der Waals surface area (Å²) in [6.07, 6.45) is 0. The topological polar surface area (TPSA) is 45.7 Å². The number of carbonyl (C=O) groups excluding carboxylic acids is 1. The molecule has 1 heterocycles. The minimum absolute atomic E-state index is 0. The Labute approximate surface area is 173 Å². The minimum Gasteiger partial charge on any atom is -0.484 e. The maximum Gasteiger partial charge on any atom is 0.266 e. The van der Waals surface area contributed by atoms with Gasteiger partial charge < -0.3 is 9.64 Å². The van der Waals surface area contributed by atoms with Crippen LogP contribution in [-0.2, 0) is 4.79 Å². The van der Waals surface area contributed by atoms with Gasteiger partial charge in [-0.15, -0.1) is 12.4 Å². The second kappa shape index (κ2) is 9.90. The Kier molecular flexibility index (Phi) is 7.86. The molecule has 0 saturated heterocycles. The van der Waals surface area contributed by atoms with Crippen LogP contribution in [-0.4, -0.2) is 49.6 Å². The number of hydrogen-bond acceptors (Lipinski definition) is 5. The van der Waals surface area contributed by atoms with E-state index in [0.29, 0.717) is 22.4 Å². The predicted octanol–water partition coefficient (Wildman–Crippen LogP) is 4.35. The first-order chi connectivity index (χ1) is 12.5. The van der Waals surface area contributed by atoms with E-state index < -0.39 is 0 Å². The van der Waals surface area contributed by atoms with E-state index in [1.807, 2.05) is 61.5 Å². The Balaban J connectivity index is 0.00000261. The number of hydrogen-bond donors (Lipinski definition) is 0. The number of nitrogens with zero attached hydrogens (tertiary/aromatic N) is 3. The molecule has 3 aromatic rings. The number of halogens is 2. The van der Waals surface area contributed by atoms with Crippen LogP contribution in [0, 0.1) is 0 Å². The fraction of sp³-hybridized carbons (Fsp3) is 0.263. The van der Waals surface area contributed by atoms with Crippen LogP contribution in [0.4, 0.5) is 5.13 Å². The molecular weight excluding hydrogens is 405 g/mol. The maximum absolute atomic E-state index is 12.8. The van der Waals surface area contributed by atoms with Crippen molar-refractivity contribution in [3.63, 3.8) is 0 Å². The summed E-state index contributed by atoms with van der Waals surface area (Å²) in [4.78, 5) is 21.1. The fourth-order valence-corrected chi connectivity index (χ4v) is 3.65. The van der Waals surface area contributed by atoms with E-state index in [-0.39, 0.29) is 24.9 Å². The molecule has 0 fully saturated rings. The number of ether oxygens (including phenoxy) is 1. The standard InChI is InChI=1S/C19H20ClN3O2S.ClH/c1-22(2)10-11-23(18(24)13-25-15-6-4-3-5-7-15)19-21-16-9-8-14(20)12-17(16)26-19;/h3-9,12H,10-11,13H2,1-2H3;1H. The highest BCUT2D eigenvalue weighted by Gasteiger charge is 2.20. The predicted molar refractivity (Wildman–Crippen MR) is 115 cm³/mol. The molecule has 0 spiro atoms. The Morgan fingerprint density at radius 1 is 1.15 bits per heavy atom. The molecule has 0 aliphatic heterocycles. The third-order valence-corrected chi connectivity index (χ3v) is 5.02. The van der Waals surface area contributed by atoms with Crippen molar-refractivity contribution in [3.8, 4) is 5.75 Å². The van der Waals surface area contributed by atoms with Crippen LogP contribution in [0.2, 0.25) is 5.02 Å². The lowest BCUT2D eigenvalue weighted by atomic mass is 10.3. The fourth-order valence-electron chi connectivity index (χ4n) is 2.37. The Morgan fingerprint density at radius 3 is 2.59 bits per heavy atom. The number of carbonyl (C=O) groups is 1. The highest BCUT2D eigenvalue weighted by atomic mass is 35.5. The van der Waals surface area contributed by atoms with Gasteiger partial charge in [0.25, 0.3) is 5.91 Å². The monoisotopic (exact) mass is 425 g/mol. The number of thiazole rings is 1. The summed E-state index contributed by atoms with van der Waals surface area (Å²) >= 11 is 7.52. The number of aromatic nitrogens is 1. The van der Waals surface area contributed by atoms with E-state index in [1.54, 1.807) is 11.0 Å². The van der Waals surface area contributed by atoms with Gasteiger partial charge in [-0.2, -0.15) is 0 Å². The summed E-state index contributed by atoms with van der Waals surface area (Å²) in [5, 5.41) is 1.32. The summed E-state index contributed by atoms with van der Waals surface area (Å²) < 4.78 is 6.58. The lowest BCUT2D eigenvalue weighted by Gasteiger charge is -2.22. The molecule has 0 unspecified atom stereocenters. The van der Waals surface area contributed by atoms with Crippen LogP contribution in [0.5, 0.6) is 5.75 Å². The van der Waals surface area contributed by atoms with Gasteiger partial charge in [0.15, 0.2) is 11.7 Å². The van der Waals surface area contributed by atoms with E-state index in [9.17, 15) is 4.79 Å². The molecule has 0 radical (unpaired) electrons. The SMILES string of the molecule is CN(C)CCN(C(=O)COc1ccccc1)c1nc2ccc(Cl)cc2s1.Cl. The number of amides is 1. The number of anilines is 1. The van der Waals surface area contributed by atoms with Crippen molar-refractivity contribution >= 4 is 56.6 Å². The van der Waals surface area contributed by atoms with Crippen LogP contribution in [0.25, 0.3) is 10.2 Å². The van der Waals surface area contributed by atoms with Gasteiger partial charge >= 0.3 is 0 Å². The van der Waals surface area contributed by atoms with Crippen molar-refractivity contribution in [3.05, 3.63) is 53.6 Å². The molecule has 5 nitrogen and oxygen atoms in total. The van der Waals surface area contributed by atoms with Gasteiger partial charge in [-0.05, 0) is 44.4 Å². The zero-order valence-corrected chi connectivity index (χ0v) is 17.5. The zero-order chi connectivity index (χ0) is 18.5. The average Bonchev–Trinajstić information content (AvgIpc) is 3.03. The number of para-hydroxylation sites is 1. The molecule has 0 bridgehead atoms. The Bertz CT molecular complexity index is 887. The minimum atomic E-state index is -0.124. The van der Waals surface area contributed by atoms with Crippen LogP contribution >= 0.6 is 35.3 Å². The van der Waals surface area contributed by atoms with Crippen molar-refractivity contribution in [1.82, 2.24) is 9.88 Å². The molecule has 2 aromatic carbocycles. The Hall–Kier alpha value is -1.86. The lowest BCUT2D eigenvalue weighted by Crippen LogP contribution is -2.39. The van der Waals surface area contributed by atoms with Gasteiger partial charge in [0.05, 0.1) is 10.2 Å². The van der Waals surface area contributed by atoms with Crippen molar-refractivity contribution in [2.75, 3.05) is 38.7 Å². The second-order valence-electron chi connectivity index (χ2n) is 6.06. The molecular formula is C19H21Cl2N3O2S. The van der Waals surface area contributed by atoms with E-state index in [0.717, 1.165) is 16.8 Å². The van der Waals surface area contributed by atoms with E-state index >= 15 is 0 Å². The molecule has 27 heavy (non-hydrogen) atoms. The maximum atomic E-state index is 12.8. The van der Waals surface area contributed by atoms with Crippen molar-refractivity contribution < 1.29 is 9.53 Å². The summed E-state index contributed by atoms with van der Waals surface area (Å²) in [7, 11) is 3.95. The highest BCUT2D eigenvalue weighted by molar-refractivity contribution is 7.22. The molecule has 0 aliphatic carbocycles. The number of benzene rings is 2.